The molecular weight excluding hydrogens is 250 g/mol. The van der Waals surface area contributed by atoms with Crippen molar-refractivity contribution in [1.29, 1.82) is 0 Å². The SMILES string of the molecule is CCCNC(C1CCCCCC1)C1(OC)CCOCC1. The normalized spacial score (nSPS) is 26.1. The predicted molar refractivity (Wildman–Crippen MR) is 83.1 cm³/mol. The van der Waals surface area contributed by atoms with Gasteiger partial charge < -0.3 is 14.8 Å². The summed E-state index contributed by atoms with van der Waals surface area (Å²) in [6.45, 7) is 5.06. The van der Waals surface area contributed by atoms with Crippen molar-refractivity contribution in [3.05, 3.63) is 0 Å². The van der Waals surface area contributed by atoms with Gasteiger partial charge in [-0.2, -0.15) is 0 Å². The molecule has 0 amide bonds. The highest BCUT2D eigenvalue weighted by Crippen LogP contribution is 2.37. The Bertz CT molecular complexity index is 256. The number of nitrogens with one attached hydrogen (secondary N) is 1. The van der Waals surface area contributed by atoms with Crippen molar-refractivity contribution in [2.24, 2.45) is 5.92 Å². The van der Waals surface area contributed by atoms with E-state index in [4.69, 9.17) is 9.47 Å². The minimum absolute atomic E-state index is 0.00241. The maximum absolute atomic E-state index is 6.09. The van der Waals surface area contributed by atoms with Gasteiger partial charge in [-0.15, -0.1) is 0 Å². The van der Waals surface area contributed by atoms with E-state index in [1.165, 1.54) is 44.9 Å². The van der Waals surface area contributed by atoms with Gasteiger partial charge in [0.05, 0.1) is 5.60 Å². The molecule has 0 radical (unpaired) electrons. The molecule has 1 saturated heterocycles. The first kappa shape index (κ1) is 16.3. The summed E-state index contributed by atoms with van der Waals surface area (Å²) >= 11 is 0. The Balaban J connectivity index is 2.10. The molecule has 20 heavy (non-hydrogen) atoms. The lowest BCUT2D eigenvalue weighted by Gasteiger charge is -2.46. The summed E-state index contributed by atoms with van der Waals surface area (Å²) in [4.78, 5) is 0. The van der Waals surface area contributed by atoms with Crippen LogP contribution in [-0.4, -0.2) is 38.5 Å². The van der Waals surface area contributed by atoms with E-state index in [0.29, 0.717) is 6.04 Å². The van der Waals surface area contributed by atoms with Crippen LogP contribution < -0.4 is 5.32 Å². The molecule has 1 unspecified atom stereocenters. The molecule has 3 nitrogen and oxygen atoms in total. The lowest BCUT2D eigenvalue weighted by atomic mass is 9.76. The van der Waals surface area contributed by atoms with Gasteiger partial charge in [0.25, 0.3) is 0 Å². The van der Waals surface area contributed by atoms with Gasteiger partial charge in [-0.1, -0.05) is 32.6 Å². The van der Waals surface area contributed by atoms with Crippen LogP contribution in [0.1, 0.15) is 64.7 Å². The van der Waals surface area contributed by atoms with E-state index in [-0.39, 0.29) is 5.60 Å². The van der Waals surface area contributed by atoms with Gasteiger partial charge in [0.2, 0.25) is 0 Å². The molecule has 1 N–H and O–H groups in total. The van der Waals surface area contributed by atoms with Gasteiger partial charge in [0.1, 0.15) is 0 Å². The van der Waals surface area contributed by atoms with Crippen LogP contribution in [0.3, 0.4) is 0 Å². The smallest absolute Gasteiger partial charge is 0.0877 e. The highest BCUT2D eigenvalue weighted by molar-refractivity contribution is 4.98. The maximum Gasteiger partial charge on any atom is 0.0877 e. The van der Waals surface area contributed by atoms with Crippen LogP contribution in [0, 0.1) is 5.92 Å². The second-order valence-corrected chi connectivity index (χ2v) is 6.56. The molecule has 1 atom stereocenters. The third kappa shape index (κ3) is 3.96. The molecule has 1 aliphatic carbocycles. The van der Waals surface area contributed by atoms with Crippen molar-refractivity contribution in [2.45, 2.75) is 76.4 Å². The molecular formula is C17H33NO2. The van der Waals surface area contributed by atoms with Crippen molar-refractivity contribution in [3.63, 3.8) is 0 Å². The van der Waals surface area contributed by atoms with Gasteiger partial charge >= 0.3 is 0 Å². The van der Waals surface area contributed by atoms with E-state index in [1.807, 2.05) is 7.11 Å². The number of rotatable bonds is 6. The number of ether oxygens (including phenoxy) is 2. The molecule has 0 aromatic rings. The summed E-state index contributed by atoms with van der Waals surface area (Å²) in [5.41, 5.74) is 0.00241. The largest absolute Gasteiger partial charge is 0.381 e. The number of methoxy groups -OCH3 is 1. The first-order chi connectivity index (χ1) is 9.82. The second-order valence-electron chi connectivity index (χ2n) is 6.56. The second kappa shape index (κ2) is 8.35. The van der Waals surface area contributed by atoms with E-state index in [0.717, 1.165) is 38.5 Å². The van der Waals surface area contributed by atoms with Gasteiger partial charge in [0, 0.05) is 39.2 Å². The molecule has 0 aromatic carbocycles. The average Bonchev–Trinajstić information content (AvgIpc) is 2.78. The fraction of sp³-hybridized carbons (Fsp3) is 1.00. The standard InChI is InChI=1S/C17H33NO2/c1-3-12-18-16(15-8-6-4-5-7-9-15)17(19-2)10-13-20-14-11-17/h15-16,18H,3-14H2,1-2H3. The summed E-state index contributed by atoms with van der Waals surface area (Å²) in [5, 5.41) is 3.85. The quantitative estimate of drug-likeness (QED) is 0.757. The molecule has 2 rings (SSSR count). The third-order valence-corrected chi connectivity index (χ3v) is 5.30. The first-order valence-corrected chi connectivity index (χ1v) is 8.68. The summed E-state index contributed by atoms with van der Waals surface area (Å²) in [5.74, 6) is 0.780. The molecule has 2 fully saturated rings. The average molecular weight is 283 g/mol. The van der Waals surface area contributed by atoms with Crippen molar-refractivity contribution in [3.8, 4) is 0 Å². The third-order valence-electron chi connectivity index (χ3n) is 5.30. The zero-order chi connectivity index (χ0) is 14.3. The van der Waals surface area contributed by atoms with E-state index < -0.39 is 0 Å². The Hall–Kier alpha value is -0.120. The van der Waals surface area contributed by atoms with Gasteiger partial charge in [-0.3, -0.25) is 0 Å². The molecule has 2 aliphatic rings. The molecule has 3 heteroatoms. The highest BCUT2D eigenvalue weighted by Gasteiger charge is 2.43. The summed E-state index contributed by atoms with van der Waals surface area (Å²) in [6, 6.07) is 0.509. The van der Waals surface area contributed by atoms with E-state index in [9.17, 15) is 0 Å². The van der Waals surface area contributed by atoms with E-state index >= 15 is 0 Å². The Labute approximate surface area is 124 Å². The summed E-state index contributed by atoms with van der Waals surface area (Å²) in [7, 11) is 1.91. The van der Waals surface area contributed by atoms with Gasteiger partial charge in [-0.25, -0.2) is 0 Å². The minimum Gasteiger partial charge on any atom is -0.381 e. The van der Waals surface area contributed by atoms with Crippen LogP contribution >= 0.6 is 0 Å². The Kier molecular flexibility index (Phi) is 6.79. The Morgan fingerprint density at radius 3 is 2.35 bits per heavy atom. The minimum atomic E-state index is 0.00241. The van der Waals surface area contributed by atoms with Crippen LogP contribution in [0.15, 0.2) is 0 Å². The molecule has 1 aliphatic heterocycles. The van der Waals surface area contributed by atoms with Crippen LogP contribution in [-0.2, 0) is 9.47 Å². The molecule has 1 heterocycles. The van der Waals surface area contributed by atoms with Crippen LogP contribution in [0.5, 0.6) is 0 Å². The van der Waals surface area contributed by atoms with E-state index in [2.05, 4.69) is 12.2 Å². The zero-order valence-electron chi connectivity index (χ0n) is 13.5. The van der Waals surface area contributed by atoms with E-state index in [1.54, 1.807) is 0 Å². The molecule has 0 bridgehead atoms. The summed E-state index contributed by atoms with van der Waals surface area (Å²) in [6.07, 6.45) is 11.6. The van der Waals surface area contributed by atoms with Crippen molar-refractivity contribution in [1.82, 2.24) is 5.32 Å². The Morgan fingerprint density at radius 2 is 1.80 bits per heavy atom. The molecule has 0 aromatic heterocycles. The molecule has 0 spiro atoms. The molecule has 118 valence electrons. The molecule has 1 saturated carbocycles. The van der Waals surface area contributed by atoms with Crippen LogP contribution in [0.2, 0.25) is 0 Å². The van der Waals surface area contributed by atoms with Crippen LogP contribution in [0.4, 0.5) is 0 Å². The highest BCUT2D eigenvalue weighted by atomic mass is 16.5. The number of hydrogen-bond acceptors (Lipinski definition) is 3. The fourth-order valence-electron chi connectivity index (χ4n) is 4.09. The zero-order valence-corrected chi connectivity index (χ0v) is 13.5. The summed E-state index contributed by atoms with van der Waals surface area (Å²) < 4.78 is 11.7. The fourth-order valence-corrected chi connectivity index (χ4v) is 4.09. The number of hydrogen-bond donors (Lipinski definition) is 1. The lowest BCUT2D eigenvalue weighted by Crippen LogP contribution is -2.58. The van der Waals surface area contributed by atoms with Crippen LogP contribution in [0.25, 0.3) is 0 Å². The van der Waals surface area contributed by atoms with Gasteiger partial charge in [-0.05, 0) is 31.7 Å². The van der Waals surface area contributed by atoms with Crippen molar-refractivity contribution >= 4 is 0 Å². The van der Waals surface area contributed by atoms with Crippen molar-refractivity contribution < 1.29 is 9.47 Å². The topological polar surface area (TPSA) is 30.5 Å². The monoisotopic (exact) mass is 283 g/mol. The first-order valence-electron chi connectivity index (χ1n) is 8.68. The maximum atomic E-state index is 6.09. The lowest BCUT2D eigenvalue weighted by molar-refractivity contribution is -0.121. The van der Waals surface area contributed by atoms with Crippen molar-refractivity contribution in [2.75, 3.05) is 26.9 Å². The Morgan fingerprint density at radius 1 is 1.15 bits per heavy atom. The predicted octanol–water partition coefficient (Wildman–Crippen LogP) is 3.52. The van der Waals surface area contributed by atoms with Gasteiger partial charge in [0.15, 0.2) is 0 Å².